The molecule has 0 N–H and O–H groups in total. The molecule has 0 saturated heterocycles. The van der Waals surface area contributed by atoms with Gasteiger partial charge in [0.05, 0.1) is 0 Å². The lowest BCUT2D eigenvalue weighted by Crippen LogP contribution is -2.09. The molecule has 1 unspecified atom stereocenters. The van der Waals surface area contributed by atoms with Crippen molar-refractivity contribution in [2.45, 2.75) is 63.0 Å². The van der Waals surface area contributed by atoms with Gasteiger partial charge in [0.2, 0.25) is 0 Å². The summed E-state index contributed by atoms with van der Waals surface area (Å²) in [7, 11) is 0. The van der Waals surface area contributed by atoms with Gasteiger partial charge < -0.3 is 0 Å². The Bertz CT molecular complexity index is 638. The van der Waals surface area contributed by atoms with Crippen LogP contribution in [0.3, 0.4) is 0 Å². The molecule has 0 radical (unpaired) electrons. The smallest absolute Gasteiger partial charge is 0.0179 e. The lowest BCUT2D eigenvalue weighted by atomic mass is 9.88. The van der Waals surface area contributed by atoms with Gasteiger partial charge in [-0.1, -0.05) is 74.8 Å². The topological polar surface area (TPSA) is 0 Å². The number of hydrogen-bond donors (Lipinski definition) is 0. The first-order valence-corrected chi connectivity index (χ1v) is 10.0. The molecule has 0 saturated carbocycles. The van der Waals surface area contributed by atoms with Crippen LogP contribution in [0, 0.1) is 0 Å². The number of aryl methyl sites for hydroxylation is 1. The van der Waals surface area contributed by atoms with Gasteiger partial charge in [-0.3, -0.25) is 0 Å². The summed E-state index contributed by atoms with van der Waals surface area (Å²) < 4.78 is 1.38. The van der Waals surface area contributed by atoms with E-state index >= 15 is 0 Å². The minimum atomic E-state index is 0.215. The van der Waals surface area contributed by atoms with Gasteiger partial charge in [-0.05, 0) is 47.7 Å². The summed E-state index contributed by atoms with van der Waals surface area (Å²) in [5.41, 5.74) is 4.26. The van der Waals surface area contributed by atoms with E-state index in [1.807, 2.05) is 11.8 Å². The average Bonchev–Trinajstić information content (AvgIpc) is 2.50. The Morgan fingerprint density at radius 1 is 1.00 bits per heavy atom. The zero-order chi connectivity index (χ0) is 17.0. The predicted molar refractivity (Wildman–Crippen MR) is 108 cm³/mol. The van der Waals surface area contributed by atoms with Crippen LogP contribution in [0.5, 0.6) is 0 Å². The van der Waals surface area contributed by atoms with Gasteiger partial charge in [0.25, 0.3) is 0 Å². The molecule has 2 rings (SSSR count). The van der Waals surface area contributed by atoms with Crippen LogP contribution in [-0.4, -0.2) is 4.75 Å². The second-order valence-electron chi connectivity index (χ2n) is 6.95. The summed E-state index contributed by atoms with van der Waals surface area (Å²) in [6, 6.07) is 15.9. The van der Waals surface area contributed by atoms with Gasteiger partial charge in [0.1, 0.15) is 0 Å². The van der Waals surface area contributed by atoms with Crippen LogP contribution in [0.25, 0.3) is 0 Å². The van der Waals surface area contributed by atoms with E-state index in [2.05, 4.69) is 93.0 Å². The number of thioether (sulfide) groups is 1. The van der Waals surface area contributed by atoms with E-state index in [0.29, 0.717) is 5.92 Å². The molecule has 2 heteroatoms. The Morgan fingerprint density at radius 2 is 1.65 bits per heavy atom. The molecule has 0 heterocycles. The van der Waals surface area contributed by atoms with Crippen molar-refractivity contribution in [1.82, 2.24) is 0 Å². The van der Waals surface area contributed by atoms with E-state index in [9.17, 15) is 0 Å². The van der Waals surface area contributed by atoms with Gasteiger partial charge in [-0.15, -0.1) is 11.8 Å². The fourth-order valence-electron chi connectivity index (χ4n) is 2.84. The van der Waals surface area contributed by atoms with E-state index in [1.165, 1.54) is 21.6 Å². The fraction of sp³-hybridized carbons (Fsp3) is 0.429. The van der Waals surface area contributed by atoms with E-state index in [4.69, 9.17) is 0 Å². The van der Waals surface area contributed by atoms with E-state index in [-0.39, 0.29) is 4.75 Å². The molecule has 0 fully saturated rings. The third-order valence-electron chi connectivity index (χ3n) is 3.96. The zero-order valence-corrected chi connectivity index (χ0v) is 17.2. The summed E-state index contributed by atoms with van der Waals surface area (Å²) >= 11 is 5.62. The number of hydrogen-bond acceptors (Lipinski definition) is 1. The van der Waals surface area contributed by atoms with Crippen molar-refractivity contribution in [1.29, 1.82) is 0 Å². The Balaban J connectivity index is 2.44. The van der Waals surface area contributed by atoms with Gasteiger partial charge >= 0.3 is 0 Å². The summed E-state index contributed by atoms with van der Waals surface area (Å²) in [5, 5.41) is 0. The molecule has 0 bridgehead atoms. The largest absolute Gasteiger partial charge is 0.120 e. The van der Waals surface area contributed by atoms with Gasteiger partial charge in [0, 0.05) is 20.0 Å². The van der Waals surface area contributed by atoms with E-state index in [1.54, 1.807) is 0 Å². The molecule has 2 aromatic rings. The molecular formula is C21H27BrS. The average molecular weight is 391 g/mol. The summed E-state index contributed by atoms with van der Waals surface area (Å²) in [6.07, 6.45) is 2.21. The first-order chi connectivity index (χ1) is 10.8. The Hall–Kier alpha value is -0.730. The Morgan fingerprint density at radius 3 is 2.17 bits per heavy atom. The fourth-order valence-corrected chi connectivity index (χ4v) is 4.33. The first-order valence-electron chi connectivity index (χ1n) is 8.41. The third kappa shape index (κ3) is 5.12. The normalized spacial score (nSPS) is 13.1. The van der Waals surface area contributed by atoms with Crippen LogP contribution >= 0.6 is 27.7 Å². The minimum Gasteiger partial charge on any atom is -0.120 e. The highest BCUT2D eigenvalue weighted by atomic mass is 79.9. The molecule has 0 aliphatic carbocycles. The molecule has 0 aromatic heterocycles. The molecule has 1 atom stereocenters. The highest BCUT2D eigenvalue weighted by Crippen LogP contribution is 2.41. The van der Waals surface area contributed by atoms with Gasteiger partial charge in [-0.2, -0.15) is 0 Å². The molecule has 0 aliphatic heterocycles. The van der Waals surface area contributed by atoms with Crippen molar-refractivity contribution < 1.29 is 0 Å². The van der Waals surface area contributed by atoms with Gasteiger partial charge in [-0.25, -0.2) is 0 Å². The lowest BCUT2D eigenvalue weighted by molar-refractivity contribution is 0.754. The van der Waals surface area contributed by atoms with Crippen molar-refractivity contribution in [3.63, 3.8) is 0 Å². The molecule has 2 aromatic carbocycles. The Labute approximate surface area is 154 Å². The minimum absolute atomic E-state index is 0.215. The molecule has 0 nitrogen and oxygen atoms in total. The maximum absolute atomic E-state index is 3.66. The molecule has 0 aliphatic rings. The van der Waals surface area contributed by atoms with Crippen LogP contribution < -0.4 is 0 Å². The van der Waals surface area contributed by atoms with Crippen LogP contribution in [0.15, 0.2) is 51.8 Å². The standard InChI is InChI=1S/C21H27BrS/c1-6-15-8-10-16(11-9-15)18(7-2)19-14-17(22)12-13-20(19)23-21(3,4)5/h8-14,18H,6-7H2,1-5H3. The van der Waals surface area contributed by atoms with Crippen molar-refractivity contribution in [2.75, 3.05) is 0 Å². The van der Waals surface area contributed by atoms with E-state index in [0.717, 1.165) is 17.3 Å². The van der Waals surface area contributed by atoms with Crippen molar-refractivity contribution in [3.8, 4) is 0 Å². The van der Waals surface area contributed by atoms with Crippen LogP contribution in [0.1, 0.15) is 63.6 Å². The predicted octanol–water partition coefficient (Wildman–Crippen LogP) is 7.44. The summed E-state index contributed by atoms with van der Waals surface area (Å²) in [4.78, 5) is 1.40. The maximum Gasteiger partial charge on any atom is 0.0179 e. The van der Waals surface area contributed by atoms with Crippen LogP contribution in [0.4, 0.5) is 0 Å². The van der Waals surface area contributed by atoms with Crippen LogP contribution in [0.2, 0.25) is 0 Å². The summed E-state index contributed by atoms with van der Waals surface area (Å²) in [6.45, 7) is 11.3. The molecule has 0 amide bonds. The lowest BCUT2D eigenvalue weighted by Gasteiger charge is -2.24. The van der Waals surface area contributed by atoms with Crippen molar-refractivity contribution in [2.24, 2.45) is 0 Å². The highest BCUT2D eigenvalue weighted by Gasteiger charge is 2.20. The van der Waals surface area contributed by atoms with Crippen molar-refractivity contribution in [3.05, 3.63) is 63.6 Å². The SMILES string of the molecule is CCc1ccc(C(CC)c2cc(Br)ccc2SC(C)(C)C)cc1. The molecule has 23 heavy (non-hydrogen) atoms. The third-order valence-corrected chi connectivity index (χ3v) is 5.66. The van der Waals surface area contributed by atoms with Crippen LogP contribution in [-0.2, 0) is 6.42 Å². The first kappa shape index (κ1) is 18.6. The Kier molecular flexibility index (Phi) is 6.39. The maximum atomic E-state index is 3.66. The number of rotatable bonds is 5. The van der Waals surface area contributed by atoms with Crippen molar-refractivity contribution >= 4 is 27.7 Å². The van der Waals surface area contributed by atoms with Gasteiger partial charge in [0.15, 0.2) is 0 Å². The highest BCUT2D eigenvalue weighted by molar-refractivity contribution is 9.10. The second kappa shape index (κ2) is 7.90. The quantitative estimate of drug-likeness (QED) is 0.477. The molecule has 124 valence electrons. The zero-order valence-electron chi connectivity index (χ0n) is 14.8. The van der Waals surface area contributed by atoms with E-state index < -0.39 is 0 Å². The molecule has 0 spiro atoms. The number of benzene rings is 2. The second-order valence-corrected chi connectivity index (χ2v) is 9.74. The summed E-state index contributed by atoms with van der Waals surface area (Å²) in [5.74, 6) is 0.447. The monoisotopic (exact) mass is 390 g/mol. The number of halogens is 1. The molecular weight excluding hydrogens is 364 g/mol.